The summed E-state index contributed by atoms with van der Waals surface area (Å²) in [6.07, 6.45) is 0. The zero-order chi connectivity index (χ0) is 23.5. The van der Waals surface area contributed by atoms with Crippen LogP contribution in [0.25, 0.3) is 0 Å². The third-order valence-corrected chi connectivity index (χ3v) is 5.28. The molecule has 9 heteroatoms. The lowest BCUT2D eigenvalue weighted by Crippen LogP contribution is -2.18. The number of ether oxygens (including phenoxy) is 3. The zero-order valence-corrected chi connectivity index (χ0v) is 17.9. The van der Waals surface area contributed by atoms with Crippen molar-refractivity contribution in [3.63, 3.8) is 0 Å². The molecule has 1 heterocycles. The average molecular weight is 448 g/mol. The predicted octanol–water partition coefficient (Wildman–Crippen LogP) is 3.98. The van der Waals surface area contributed by atoms with E-state index in [2.05, 4.69) is 0 Å². The molecule has 0 radical (unpaired) electrons. The molecule has 168 valence electrons. The number of hydrogen-bond donors (Lipinski definition) is 0. The summed E-state index contributed by atoms with van der Waals surface area (Å²) in [6, 6.07) is 15.9. The molecule has 0 saturated carbocycles. The highest BCUT2D eigenvalue weighted by molar-refractivity contribution is 6.14. The molecule has 3 aromatic rings. The molecule has 4 rings (SSSR count). The first-order valence-corrected chi connectivity index (χ1v) is 9.99. The first-order chi connectivity index (χ1) is 15.9. The number of carbonyl (C=O) groups is 2. The minimum Gasteiger partial charge on any atom is -0.465 e. The van der Waals surface area contributed by atoms with Crippen molar-refractivity contribution in [3.8, 4) is 11.5 Å². The molecule has 0 aliphatic carbocycles. The first kappa shape index (κ1) is 21.8. The summed E-state index contributed by atoms with van der Waals surface area (Å²) >= 11 is 0. The van der Waals surface area contributed by atoms with E-state index < -0.39 is 16.7 Å². The van der Waals surface area contributed by atoms with E-state index >= 15 is 0 Å². The number of esters is 1. The Morgan fingerprint density at radius 2 is 1.76 bits per heavy atom. The maximum atomic E-state index is 13.1. The van der Waals surface area contributed by atoms with Crippen LogP contribution in [-0.2, 0) is 11.3 Å². The first-order valence-electron chi connectivity index (χ1n) is 9.99. The van der Waals surface area contributed by atoms with Crippen LogP contribution in [-0.4, -0.2) is 37.6 Å². The van der Waals surface area contributed by atoms with Gasteiger partial charge in [-0.1, -0.05) is 24.3 Å². The number of ketones is 1. The van der Waals surface area contributed by atoms with Gasteiger partial charge in [0.25, 0.3) is 5.69 Å². The van der Waals surface area contributed by atoms with E-state index in [4.69, 9.17) is 14.2 Å². The Bertz CT molecular complexity index is 1260. The van der Waals surface area contributed by atoms with Crippen LogP contribution in [0, 0.1) is 10.1 Å². The van der Waals surface area contributed by atoms with Crippen molar-refractivity contribution in [1.29, 1.82) is 0 Å². The van der Waals surface area contributed by atoms with Crippen molar-refractivity contribution < 1.29 is 28.7 Å². The van der Waals surface area contributed by atoms with Gasteiger partial charge in [0.1, 0.15) is 5.69 Å². The predicted molar refractivity (Wildman–Crippen MR) is 119 cm³/mol. The Morgan fingerprint density at radius 3 is 2.48 bits per heavy atom. The second-order valence-corrected chi connectivity index (χ2v) is 7.37. The number of fused-ring (bicyclic) bond motifs is 1. The van der Waals surface area contributed by atoms with E-state index in [9.17, 15) is 19.7 Å². The molecule has 0 atom stereocenters. The number of nitro benzene ring substituents is 1. The fraction of sp³-hybridized carbons (Fsp3) is 0.167. The standard InChI is InChI=1S/C24H20N2O7/c1-25(13-15-7-10-21-22(11-15)33-14-32-21)19-9-8-16(12-20(19)26(29)30)23(27)17-5-3-4-6-18(17)24(28)31-2/h3-12H,13-14H2,1-2H3. The topological polar surface area (TPSA) is 108 Å². The van der Waals surface area contributed by atoms with Gasteiger partial charge < -0.3 is 19.1 Å². The molecule has 33 heavy (non-hydrogen) atoms. The molecule has 3 aromatic carbocycles. The minimum absolute atomic E-state index is 0.0941. The largest absolute Gasteiger partial charge is 0.465 e. The average Bonchev–Trinajstić information content (AvgIpc) is 3.30. The summed E-state index contributed by atoms with van der Waals surface area (Å²) in [4.78, 5) is 38.1. The summed E-state index contributed by atoms with van der Waals surface area (Å²) in [5, 5.41) is 11.8. The quantitative estimate of drug-likeness (QED) is 0.231. The van der Waals surface area contributed by atoms with E-state index in [1.807, 2.05) is 12.1 Å². The molecular formula is C24H20N2O7. The van der Waals surface area contributed by atoms with Gasteiger partial charge in [-0.2, -0.15) is 0 Å². The Labute approximate surface area is 189 Å². The molecule has 0 spiro atoms. The molecule has 0 bridgehead atoms. The van der Waals surface area contributed by atoms with Crippen LogP contribution in [0.3, 0.4) is 0 Å². The second kappa shape index (κ2) is 8.99. The van der Waals surface area contributed by atoms with Gasteiger partial charge in [-0.15, -0.1) is 0 Å². The van der Waals surface area contributed by atoms with Crippen molar-refractivity contribution in [2.45, 2.75) is 6.54 Å². The van der Waals surface area contributed by atoms with Gasteiger partial charge in [0.2, 0.25) is 6.79 Å². The number of anilines is 1. The van der Waals surface area contributed by atoms with Crippen LogP contribution < -0.4 is 14.4 Å². The highest BCUT2D eigenvalue weighted by Crippen LogP contribution is 2.34. The molecule has 1 aliphatic heterocycles. The van der Waals surface area contributed by atoms with E-state index in [0.29, 0.717) is 23.7 Å². The highest BCUT2D eigenvalue weighted by atomic mass is 16.7. The summed E-state index contributed by atoms with van der Waals surface area (Å²) in [7, 11) is 2.94. The number of hydrogen-bond acceptors (Lipinski definition) is 8. The fourth-order valence-corrected chi connectivity index (χ4v) is 3.66. The number of benzene rings is 3. The van der Waals surface area contributed by atoms with Gasteiger partial charge in [-0.25, -0.2) is 4.79 Å². The number of nitro groups is 1. The number of methoxy groups -OCH3 is 1. The monoisotopic (exact) mass is 448 g/mol. The van der Waals surface area contributed by atoms with E-state index in [1.165, 1.54) is 37.4 Å². The van der Waals surface area contributed by atoms with Gasteiger partial charge in [0, 0.05) is 30.8 Å². The van der Waals surface area contributed by atoms with Crippen molar-refractivity contribution in [2.75, 3.05) is 25.9 Å². The lowest BCUT2D eigenvalue weighted by molar-refractivity contribution is -0.384. The van der Waals surface area contributed by atoms with Crippen LogP contribution in [0.2, 0.25) is 0 Å². The van der Waals surface area contributed by atoms with Crippen LogP contribution >= 0.6 is 0 Å². The van der Waals surface area contributed by atoms with Gasteiger partial charge in [-0.3, -0.25) is 14.9 Å². The molecule has 0 amide bonds. The maximum absolute atomic E-state index is 13.1. The Kier molecular flexibility index (Phi) is 5.95. The third kappa shape index (κ3) is 4.33. The van der Waals surface area contributed by atoms with Gasteiger partial charge in [0.05, 0.1) is 17.6 Å². The van der Waals surface area contributed by atoms with Crippen LogP contribution in [0.4, 0.5) is 11.4 Å². The summed E-state index contributed by atoms with van der Waals surface area (Å²) in [6.45, 7) is 0.532. The van der Waals surface area contributed by atoms with E-state index in [0.717, 1.165) is 5.56 Å². The number of rotatable bonds is 7. The van der Waals surface area contributed by atoms with E-state index in [-0.39, 0.29) is 29.2 Å². The molecule has 9 nitrogen and oxygen atoms in total. The summed E-state index contributed by atoms with van der Waals surface area (Å²) in [5.74, 6) is 0.112. The molecule has 0 aromatic heterocycles. The molecule has 1 aliphatic rings. The van der Waals surface area contributed by atoms with Crippen molar-refractivity contribution >= 4 is 23.1 Å². The highest BCUT2D eigenvalue weighted by Gasteiger charge is 2.24. The second-order valence-electron chi connectivity index (χ2n) is 7.37. The number of nitrogens with zero attached hydrogens (tertiary/aromatic N) is 2. The fourth-order valence-electron chi connectivity index (χ4n) is 3.66. The molecule has 0 N–H and O–H groups in total. The SMILES string of the molecule is COC(=O)c1ccccc1C(=O)c1ccc(N(C)Cc2ccc3c(c2)OCO3)c([N+](=O)[O-])c1. The van der Waals surface area contributed by atoms with Gasteiger partial charge in [0.15, 0.2) is 17.3 Å². The van der Waals surface area contributed by atoms with E-state index in [1.54, 1.807) is 30.1 Å². The maximum Gasteiger partial charge on any atom is 0.338 e. The summed E-state index contributed by atoms with van der Waals surface area (Å²) in [5.41, 5.74) is 1.30. The molecule has 0 fully saturated rings. The lowest BCUT2D eigenvalue weighted by Gasteiger charge is -2.20. The van der Waals surface area contributed by atoms with Crippen LogP contribution in [0.1, 0.15) is 31.8 Å². The Hall–Kier alpha value is -4.40. The smallest absolute Gasteiger partial charge is 0.338 e. The van der Waals surface area contributed by atoms with Crippen LogP contribution in [0.15, 0.2) is 60.7 Å². The Balaban J connectivity index is 1.64. The minimum atomic E-state index is -0.659. The van der Waals surface area contributed by atoms with Gasteiger partial charge >= 0.3 is 5.97 Å². The Morgan fingerprint density at radius 1 is 1.03 bits per heavy atom. The normalized spacial score (nSPS) is 11.7. The van der Waals surface area contributed by atoms with Gasteiger partial charge in [-0.05, 0) is 35.9 Å². The third-order valence-electron chi connectivity index (χ3n) is 5.28. The summed E-state index contributed by atoms with van der Waals surface area (Å²) < 4.78 is 15.4. The van der Waals surface area contributed by atoms with Crippen molar-refractivity contribution in [1.82, 2.24) is 0 Å². The zero-order valence-electron chi connectivity index (χ0n) is 17.9. The molecule has 0 saturated heterocycles. The lowest BCUT2D eigenvalue weighted by atomic mass is 9.97. The molecule has 0 unspecified atom stereocenters. The van der Waals surface area contributed by atoms with Crippen molar-refractivity contribution in [3.05, 3.63) is 93.0 Å². The number of carbonyl (C=O) groups excluding carboxylic acids is 2. The van der Waals surface area contributed by atoms with Crippen LogP contribution in [0.5, 0.6) is 11.5 Å². The molecular weight excluding hydrogens is 428 g/mol. The van der Waals surface area contributed by atoms with Crippen molar-refractivity contribution in [2.24, 2.45) is 0 Å².